The number of aliphatic hydroxyl groups is 1. The Balaban J connectivity index is 4.34. The Morgan fingerprint density at radius 1 is 1.44 bits per heavy atom. The SMILES string of the molecule is CCCC[Te]/C=C(\C(=O)OC)C(O)CCC. The molecule has 0 heterocycles. The molecule has 0 aliphatic carbocycles. The van der Waals surface area contributed by atoms with Crippen molar-refractivity contribution in [3.05, 3.63) is 9.70 Å². The molecule has 0 radical (unpaired) electrons. The molecule has 0 spiro atoms. The van der Waals surface area contributed by atoms with E-state index in [0.29, 0.717) is 12.0 Å². The molecule has 16 heavy (non-hydrogen) atoms. The number of hydrogen-bond acceptors (Lipinski definition) is 3. The number of unbranched alkanes of at least 4 members (excludes halogenated alkanes) is 1. The summed E-state index contributed by atoms with van der Waals surface area (Å²) in [5, 5.41) is 9.82. The Labute approximate surface area is 108 Å². The average Bonchev–Trinajstić information content (AvgIpc) is 2.28. The van der Waals surface area contributed by atoms with Crippen LogP contribution in [0, 0.1) is 0 Å². The van der Waals surface area contributed by atoms with Gasteiger partial charge in [0.15, 0.2) is 0 Å². The number of aliphatic hydroxyl groups excluding tert-OH is 1. The molecule has 0 aromatic heterocycles. The van der Waals surface area contributed by atoms with Crippen molar-refractivity contribution in [3.63, 3.8) is 0 Å². The van der Waals surface area contributed by atoms with E-state index >= 15 is 0 Å². The Bertz CT molecular complexity index is 226. The Hall–Kier alpha value is -0.0404. The second kappa shape index (κ2) is 10.1. The molecule has 1 atom stereocenters. The van der Waals surface area contributed by atoms with E-state index in [1.165, 1.54) is 24.4 Å². The van der Waals surface area contributed by atoms with Gasteiger partial charge in [-0.1, -0.05) is 0 Å². The topological polar surface area (TPSA) is 46.5 Å². The van der Waals surface area contributed by atoms with Gasteiger partial charge in [0.25, 0.3) is 0 Å². The molecule has 94 valence electrons. The van der Waals surface area contributed by atoms with Crippen molar-refractivity contribution < 1.29 is 14.6 Å². The van der Waals surface area contributed by atoms with Crippen molar-refractivity contribution in [1.29, 1.82) is 0 Å². The van der Waals surface area contributed by atoms with E-state index in [1.807, 2.05) is 11.0 Å². The molecule has 0 aliphatic rings. The van der Waals surface area contributed by atoms with Crippen LogP contribution in [0.4, 0.5) is 0 Å². The first kappa shape index (κ1) is 16.0. The maximum absolute atomic E-state index is 11.5. The molecule has 4 heteroatoms. The predicted molar refractivity (Wildman–Crippen MR) is 66.5 cm³/mol. The van der Waals surface area contributed by atoms with Gasteiger partial charge in [0, 0.05) is 0 Å². The van der Waals surface area contributed by atoms with E-state index in [9.17, 15) is 9.90 Å². The molecule has 1 unspecified atom stereocenters. The maximum atomic E-state index is 11.5. The van der Waals surface area contributed by atoms with Gasteiger partial charge in [0.2, 0.25) is 0 Å². The molecule has 3 nitrogen and oxygen atoms in total. The van der Waals surface area contributed by atoms with Crippen LogP contribution in [0.5, 0.6) is 0 Å². The minimum atomic E-state index is -0.649. The van der Waals surface area contributed by atoms with E-state index in [4.69, 9.17) is 4.74 Å². The van der Waals surface area contributed by atoms with E-state index in [0.717, 1.165) is 6.42 Å². The summed E-state index contributed by atoms with van der Waals surface area (Å²) in [4.78, 5) is 11.5. The van der Waals surface area contributed by atoms with Gasteiger partial charge in [0.1, 0.15) is 0 Å². The van der Waals surface area contributed by atoms with Crippen LogP contribution in [-0.2, 0) is 9.53 Å². The predicted octanol–water partition coefficient (Wildman–Crippen LogP) is 2.13. The van der Waals surface area contributed by atoms with Crippen LogP contribution in [0.3, 0.4) is 0 Å². The van der Waals surface area contributed by atoms with E-state index in [-0.39, 0.29) is 26.9 Å². The Morgan fingerprint density at radius 3 is 2.62 bits per heavy atom. The van der Waals surface area contributed by atoms with Crippen LogP contribution in [0.1, 0.15) is 39.5 Å². The fourth-order valence-corrected chi connectivity index (χ4v) is 4.06. The van der Waals surface area contributed by atoms with Crippen LogP contribution >= 0.6 is 0 Å². The molecule has 0 aromatic carbocycles. The molecule has 0 fully saturated rings. The molecule has 0 aliphatic heterocycles. The van der Waals surface area contributed by atoms with Gasteiger partial charge in [-0.3, -0.25) is 0 Å². The summed E-state index contributed by atoms with van der Waals surface area (Å²) in [5.41, 5.74) is 0.475. The van der Waals surface area contributed by atoms with Crippen LogP contribution in [0.2, 0.25) is 4.47 Å². The summed E-state index contributed by atoms with van der Waals surface area (Å²) in [5.74, 6) is -0.373. The van der Waals surface area contributed by atoms with Gasteiger partial charge in [0.05, 0.1) is 0 Å². The standard InChI is InChI=1S/C12H22O3Te/c1-4-6-8-16-9-10(12(14)15-3)11(13)7-5-2/h9,11,13H,4-8H2,1-3H3/b10-9-. The van der Waals surface area contributed by atoms with Crippen molar-refractivity contribution in [1.82, 2.24) is 0 Å². The van der Waals surface area contributed by atoms with Gasteiger partial charge in [-0.05, 0) is 0 Å². The quantitative estimate of drug-likeness (QED) is 0.318. The second-order valence-electron chi connectivity index (χ2n) is 3.59. The molecule has 0 aromatic rings. The molecular weight excluding hydrogens is 320 g/mol. The first-order chi connectivity index (χ1) is 7.67. The number of hydrogen-bond donors (Lipinski definition) is 1. The molecule has 1 N–H and O–H groups in total. The van der Waals surface area contributed by atoms with Gasteiger partial charge in [-0.2, -0.15) is 0 Å². The first-order valence-corrected chi connectivity index (χ1v) is 8.74. The minimum absolute atomic E-state index is 0.304. The third kappa shape index (κ3) is 6.52. The molecule has 0 saturated heterocycles. The van der Waals surface area contributed by atoms with Crippen molar-refractivity contribution in [2.24, 2.45) is 0 Å². The van der Waals surface area contributed by atoms with Crippen molar-refractivity contribution in [2.45, 2.75) is 50.1 Å². The van der Waals surface area contributed by atoms with Gasteiger partial charge in [-0.25, -0.2) is 0 Å². The molecule has 0 bridgehead atoms. The molecule has 0 amide bonds. The summed E-state index contributed by atoms with van der Waals surface area (Å²) in [6, 6.07) is 0. The van der Waals surface area contributed by atoms with Gasteiger partial charge in [-0.15, -0.1) is 0 Å². The van der Waals surface area contributed by atoms with Gasteiger partial charge < -0.3 is 0 Å². The zero-order chi connectivity index (χ0) is 12.4. The summed E-state index contributed by atoms with van der Waals surface area (Å²) < 4.78 is 7.82. The van der Waals surface area contributed by atoms with Crippen LogP contribution in [0.15, 0.2) is 9.70 Å². The van der Waals surface area contributed by atoms with Crippen molar-refractivity contribution in [2.75, 3.05) is 7.11 Å². The third-order valence-corrected chi connectivity index (χ3v) is 4.87. The normalized spacial score (nSPS) is 13.6. The number of ether oxygens (including phenoxy) is 1. The number of methoxy groups -OCH3 is 1. The second-order valence-corrected chi connectivity index (χ2v) is 6.38. The van der Waals surface area contributed by atoms with Crippen LogP contribution in [0.25, 0.3) is 0 Å². The summed E-state index contributed by atoms with van der Waals surface area (Å²) in [7, 11) is 1.36. The molecular formula is C12H22O3Te. The molecule has 0 saturated carbocycles. The van der Waals surface area contributed by atoms with E-state index in [1.54, 1.807) is 0 Å². The Kier molecular flexibility index (Phi) is 10.1. The zero-order valence-corrected chi connectivity index (χ0v) is 12.7. The van der Waals surface area contributed by atoms with E-state index < -0.39 is 6.10 Å². The first-order valence-electron chi connectivity index (χ1n) is 5.75. The fourth-order valence-electron chi connectivity index (χ4n) is 1.19. The van der Waals surface area contributed by atoms with Gasteiger partial charge >= 0.3 is 108 Å². The van der Waals surface area contributed by atoms with Crippen molar-refractivity contribution >= 4 is 26.9 Å². The summed E-state index contributed by atoms with van der Waals surface area (Å²) in [6.07, 6.45) is 3.23. The van der Waals surface area contributed by atoms with E-state index in [2.05, 4.69) is 6.92 Å². The third-order valence-electron chi connectivity index (χ3n) is 2.17. The van der Waals surface area contributed by atoms with Crippen LogP contribution in [-0.4, -0.2) is 45.2 Å². The number of carbonyl (C=O) groups is 1. The Morgan fingerprint density at radius 2 is 2.12 bits per heavy atom. The summed E-state index contributed by atoms with van der Waals surface area (Å²) in [6.45, 7) is 4.15. The van der Waals surface area contributed by atoms with Crippen molar-refractivity contribution in [3.8, 4) is 0 Å². The monoisotopic (exact) mass is 344 g/mol. The summed E-state index contributed by atoms with van der Waals surface area (Å²) >= 11 is -0.304. The van der Waals surface area contributed by atoms with Crippen LogP contribution < -0.4 is 0 Å². The number of rotatable bonds is 8. The fraction of sp³-hybridized carbons (Fsp3) is 0.750. The average molecular weight is 342 g/mol. The number of esters is 1. The zero-order valence-electron chi connectivity index (χ0n) is 10.4. The molecule has 0 rings (SSSR count). The number of carbonyl (C=O) groups excluding carboxylic acids is 1.